The summed E-state index contributed by atoms with van der Waals surface area (Å²) in [6, 6.07) is 1.97. The summed E-state index contributed by atoms with van der Waals surface area (Å²) in [7, 11) is 0. The van der Waals surface area contributed by atoms with Gasteiger partial charge in [-0.2, -0.15) is 16.3 Å². The van der Waals surface area contributed by atoms with Crippen molar-refractivity contribution in [3.63, 3.8) is 0 Å². The van der Waals surface area contributed by atoms with Crippen molar-refractivity contribution < 1.29 is 9.32 Å². The van der Waals surface area contributed by atoms with E-state index >= 15 is 0 Å². The minimum absolute atomic E-state index is 0.0876. The lowest BCUT2D eigenvalue weighted by Crippen LogP contribution is -2.49. The van der Waals surface area contributed by atoms with Crippen LogP contribution in [0.15, 0.2) is 21.3 Å². The van der Waals surface area contributed by atoms with Gasteiger partial charge >= 0.3 is 0 Å². The second kappa shape index (κ2) is 5.95. The first kappa shape index (κ1) is 14.2. The predicted octanol–water partition coefficient (Wildman–Crippen LogP) is 1.96. The lowest BCUT2D eigenvalue weighted by Gasteiger charge is -2.36. The van der Waals surface area contributed by atoms with Gasteiger partial charge < -0.3 is 9.42 Å². The number of rotatable bonds is 3. The number of piperazine rings is 1. The van der Waals surface area contributed by atoms with Gasteiger partial charge in [0.15, 0.2) is 5.82 Å². The predicted molar refractivity (Wildman–Crippen MR) is 79.2 cm³/mol. The van der Waals surface area contributed by atoms with E-state index in [1.807, 2.05) is 28.7 Å². The minimum Gasteiger partial charge on any atom is -0.338 e. The summed E-state index contributed by atoms with van der Waals surface area (Å²) in [6.45, 7) is 6.97. The van der Waals surface area contributed by atoms with Crippen LogP contribution in [0.2, 0.25) is 0 Å². The molecule has 0 saturated carbocycles. The first-order valence-electron chi connectivity index (χ1n) is 7.01. The number of aryl methyl sites for hydroxylation is 1. The summed E-state index contributed by atoms with van der Waals surface area (Å²) in [6.07, 6.45) is 0. The van der Waals surface area contributed by atoms with Crippen molar-refractivity contribution in [2.24, 2.45) is 0 Å². The second-order valence-corrected chi connectivity index (χ2v) is 5.98. The maximum atomic E-state index is 12.3. The summed E-state index contributed by atoms with van der Waals surface area (Å²) in [4.78, 5) is 20.7. The van der Waals surface area contributed by atoms with E-state index in [2.05, 4.69) is 22.0 Å². The van der Waals surface area contributed by atoms with Crippen LogP contribution < -0.4 is 0 Å². The van der Waals surface area contributed by atoms with Gasteiger partial charge in [0.2, 0.25) is 5.89 Å². The van der Waals surface area contributed by atoms with Gasteiger partial charge in [0, 0.05) is 31.6 Å². The summed E-state index contributed by atoms with van der Waals surface area (Å²) in [5.41, 5.74) is 0.786. The van der Waals surface area contributed by atoms with E-state index in [0.29, 0.717) is 11.7 Å². The molecule has 1 aliphatic rings. The third-order valence-corrected chi connectivity index (χ3v) is 4.50. The van der Waals surface area contributed by atoms with Gasteiger partial charge in [0.05, 0.1) is 11.6 Å². The molecule has 3 rings (SSSR count). The van der Waals surface area contributed by atoms with Gasteiger partial charge in [-0.15, -0.1) is 0 Å². The number of aromatic nitrogens is 2. The van der Waals surface area contributed by atoms with Crippen LogP contribution in [0.4, 0.5) is 0 Å². The van der Waals surface area contributed by atoms with Gasteiger partial charge in [0.1, 0.15) is 0 Å². The van der Waals surface area contributed by atoms with Crippen LogP contribution in [-0.2, 0) is 0 Å². The zero-order valence-electron chi connectivity index (χ0n) is 12.2. The smallest absolute Gasteiger partial charge is 0.254 e. The number of hydrogen-bond acceptors (Lipinski definition) is 6. The molecule has 112 valence electrons. The molecule has 1 aliphatic heterocycles. The van der Waals surface area contributed by atoms with E-state index in [1.54, 1.807) is 11.3 Å². The molecule has 0 aromatic carbocycles. The summed E-state index contributed by atoms with van der Waals surface area (Å²) in [5, 5.41) is 7.67. The summed E-state index contributed by atoms with van der Waals surface area (Å²) < 4.78 is 5.23. The lowest BCUT2D eigenvalue weighted by molar-refractivity contribution is 0.0552. The monoisotopic (exact) mass is 306 g/mol. The molecule has 0 radical (unpaired) electrons. The average Bonchev–Trinajstić information content (AvgIpc) is 3.17. The number of hydrogen-bond donors (Lipinski definition) is 0. The highest BCUT2D eigenvalue weighted by Gasteiger charge is 2.27. The molecule has 1 fully saturated rings. The number of carbonyl (C=O) groups excluding carboxylic acids is 1. The molecule has 0 spiro atoms. The molecule has 2 aromatic rings. The Balaban J connectivity index is 1.59. The molecule has 2 aromatic heterocycles. The van der Waals surface area contributed by atoms with Crippen molar-refractivity contribution in [2.45, 2.75) is 19.9 Å². The molecule has 1 atom stereocenters. The van der Waals surface area contributed by atoms with Crippen molar-refractivity contribution in [1.82, 2.24) is 19.9 Å². The molecule has 1 amide bonds. The van der Waals surface area contributed by atoms with Crippen LogP contribution in [0, 0.1) is 6.92 Å². The molecule has 7 heteroatoms. The Bertz CT molecular complexity index is 602. The molecule has 0 aliphatic carbocycles. The Hall–Kier alpha value is -1.73. The third-order valence-electron chi connectivity index (χ3n) is 3.82. The topological polar surface area (TPSA) is 62.5 Å². The highest BCUT2D eigenvalue weighted by Crippen LogP contribution is 2.21. The quantitative estimate of drug-likeness (QED) is 0.867. The Morgan fingerprint density at radius 2 is 2.14 bits per heavy atom. The fourth-order valence-corrected chi connectivity index (χ4v) is 3.15. The SMILES string of the molecule is Cc1noc([C@@H](C)N2CCN(C(=O)c3ccsc3)CC2)n1. The van der Waals surface area contributed by atoms with Gasteiger partial charge in [0.25, 0.3) is 5.91 Å². The summed E-state index contributed by atoms with van der Waals surface area (Å²) >= 11 is 1.55. The van der Waals surface area contributed by atoms with Crippen LogP contribution in [0.3, 0.4) is 0 Å². The lowest BCUT2D eigenvalue weighted by atomic mass is 10.2. The van der Waals surface area contributed by atoms with Gasteiger partial charge in [-0.05, 0) is 25.3 Å². The van der Waals surface area contributed by atoms with Gasteiger partial charge in [-0.1, -0.05) is 5.16 Å². The van der Waals surface area contributed by atoms with E-state index in [0.717, 1.165) is 31.7 Å². The first-order chi connectivity index (χ1) is 10.1. The van der Waals surface area contributed by atoms with Crippen LogP contribution in [-0.4, -0.2) is 52.0 Å². The fraction of sp³-hybridized carbons (Fsp3) is 0.500. The molecule has 0 unspecified atom stereocenters. The maximum Gasteiger partial charge on any atom is 0.254 e. The van der Waals surface area contributed by atoms with Gasteiger partial charge in [-0.25, -0.2) is 0 Å². The number of thiophene rings is 1. The summed E-state index contributed by atoms with van der Waals surface area (Å²) in [5.74, 6) is 1.42. The van der Waals surface area contributed by atoms with E-state index in [1.165, 1.54) is 0 Å². The van der Waals surface area contributed by atoms with Crippen molar-refractivity contribution >= 4 is 17.2 Å². The molecule has 3 heterocycles. The van der Waals surface area contributed by atoms with E-state index < -0.39 is 0 Å². The zero-order chi connectivity index (χ0) is 14.8. The van der Waals surface area contributed by atoms with Crippen LogP contribution in [0.5, 0.6) is 0 Å². The molecule has 0 N–H and O–H groups in total. The Morgan fingerprint density at radius 3 is 2.71 bits per heavy atom. The van der Waals surface area contributed by atoms with Crippen LogP contribution >= 0.6 is 11.3 Å². The van der Waals surface area contributed by atoms with Crippen LogP contribution in [0.25, 0.3) is 0 Å². The molecular weight excluding hydrogens is 288 g/mol. The normalized spacial score (nSPS) is 17.9. The number of carbonyl (C=O) groups is 1. The Morgan fingerprint density at radius 1 is 1.38 bits per heavy atom. The molecular formula is C14H18N4O2S. The van der Waals surface area contributed by atoms with Crippen molar-refractivity contribution in [1.29, 1.82) is 0 Å². The fourth-order valence-electron chi connectivity index (χ4n) is 2.52. The van der Waals surface area contributed by atoms with Crippen molar-refractivity contribution in [3.8, 4) is 0 Å². The maximum absolute atomic E-state index is 12.3. The van der Waals surface area contributed by atoms with Crippen molar-refractivity contribution in [2.75, 3.05) is 26.2 Å². The first-order valence-corrected chi connectivity index (χ1v) is 7.95. The third kappa shape index (κ3) is 2.98. The van der Waals surface area contributed by atoms with Gasteiger partial charge in [-0.3, -0.25) is 9.69 Å². The highest BCUT2D eigenvalue weighted by atomic mass is 32.1. The van der Waals surface area contributed by atoms with Crippen LogP contribution in [0.1, 0.15) is 35.0 Å². The molecule has 0 bridgehead atoms. The van der Waals surface area contributed by atoms with E-state index in [4.69, 9.17) is 4.52 Å². The minimum atomic E-state index is 0.0876. The Labute approximate surface area is 127 Å². The average molecular weight is 306 g/mol. The highest BCUT2D eigenvalue weighted by molar-refractivity contribution is 7.08. The molecule has 6 nitrogen and oxygen atoms in total. The van der Waals surface area contributed by atoms with E-state index in [-0.39, 0.29) is 11.9 Å². The molecule has 1 saturated heterocycles. The zero-order valence-corrected chi connectivity index (χ0v) is 13.0. The standard InChI is InChI=1S/C14H18N4O2S/c1-10(13-15-11(2)16-20-13)17-4-6-18(7-5-17)14(19)12-3-8-21-9-12/h3,8-10H,4-7H2,1-2H3/t10-/m1/s1. The van der Waals surface area contributed by atoms with E-state index in [9.17, 15) is 4.79 Å². The number of amides is 1. The largest absolute Gasteiger partial charge is 0.338 e. The Kier molecular flexibility index (Phi) is 4.03. The molecule has 21 heavy (non-hydrogen) atoms. The van der Waals surface area contributed by atoms with Crippen molar-refractivity contribution in [3.05, 3.63) is 34.1 Å². The number of nitrogens with zero attached hydrogens (tertiary/aromatic N) is 4. The second-order valence-electron chi connectivity index (χ2n) is 5.20.